The van der Waals surface area contributed by atoms with E-state index in [1.165, 1.54) is 65.9 Å². The zero-order chi connectivity index (χ0) is 37.7. The summed E-state index contributed by atoms with van der Waals surface area (Å²) in [5, 5.41) is 5.00. The number of benzene rings is 9. The molecule has 3 nitrogen and oxygen atoms in total. The van der Waals surface area contributed by atoms with Gasteiger partial charge in [-0.2, -0.15) is 0 Å². The molecule has 2 heterocycles. The van der Waals surface area contributed by atoms with Crippen molar-refractivity contribution < 1.29 is 0 Å². The van der Waals surface area contributed by atoms with Crippen LogP contribution in [0.25, 0.3) is 77.2 Å². The van der Waals surface area contributed by atoms with Gasteiger partial charge in [0.1, 0.15) is 0 Å². The lowest BCUT2D eigenvalue weighted by atomic mass is 10.0. The van der Waals surface area contributed by atoms with Gasteiger partial charge >= 0.3 is 0 Å². The lowest BCUT2D eigenvalue weighted by Gasteiger charge is -2.25. The molecule has 0 aliphatic carbocycles. The Morgan fingerprint density at radius 2 is 0.684 bits per heavy atom. The van der Waals surface area contributed by atoms with Gasteiger partial charge in [0.25, 0.3) is 0 Å². The van der Waals surface area contributed by atoms with E-state index in [0.717, 1.165) is 28.4 Å². The lowest BCUT2D eigenvalue weighted by Crippen LogP contribution is -2.09. The molecule has 0 saturated heterocycles. The maximum absolute atomic E-state index is 2.47. The smallest absolute Gasteiger partial charge is 0.0641 e. The molecule has 0 unspecified atom stereocenters. The fourth-order valence-corrected chi connectivity index (χ4v) is 8.70. The van der Waals surface area contributed by atoms with Crippen molar-refractivity contribution >= 4 is 60.7 Å². The van der Waals surface area contributed by atoms with Crippen LogP contribution in [-0.2, 0) is 0 Å². The van der Waals surface area contributed by atoms with Gasteiger partial charge in [0.2, 0.25) is 0 Å². The third-order valence-electron chi connectivity index (χ3n) is 11.3. The first-order valence-electron chi connectivity index (χ1n) is 19.5. The highest BCUT2D eigenvalue weighted by Crippen LogP contribution is 2.42. The molecule has 9 aromatic carbocycles. The van der Waals surface area contributed by atoms with Gasteiger partial charge in [-0.05, 0) is 101 Å². The summed E-state index contributed by atoms with van der Waals surface area (Å²) in [5.41, 5.74) is 15.3. The Bertz CT molecular complexity index is 3140. The SMILES string of the molecule is c1ccc(-c2ccc(-n3c4ccccc4c4c3ccc3c5ccccc5n(-c5ccc(-c6ccc(N(c7ccccc7)c7ccccc7)cc6)cc5)c34)cc2)cc1. The molecule has 0 spiro atoms. The minimum atomic E-state index is 1.12. The predicted octanol–water partition coefficient (Wildman–Crippen LogP) is 14.7. The Morgan fingerprint density at radius 1 is 0.263 bits per heavy atom. The number of hydrogen-bond donors (Lipinski definition) is 0. The quantitative estimate of drug-likeness (QED) is 0.159. The number of para-hydroxylation sites is 4. The summed E-state index contributed by atoms with van der Waals surface area (Å²) in [6, 6.07) is 80.9. The molecule has 268 valence electrons. The third kappa shape index (κ3) is 5.51. The standard InChI is InChI=1S/C54H37N3/c1-4-14-38(15-5-1)39-26-32-45(33-27-39)56-51-23-13-11-21-49(51)53-52(56)37-36-48-47-20-10-12-22-50(47)57(54(48)53)46-34-28-41(29-35-46)40-24-30-44(31-25-40)55(42-16-6-2-7-17-42)43-18-8-3-9-19-43/h1-37H. The Balaban J connectivity index is 1.03. The van der Waals surface area contributed by atoms with Crippen LogP contribution in [0, 0.1) is 0 Å². The highest BCUT2D eigenvalue weighted by atomic mass is 15.1. The van der Waals surface area contributed by atoms with Crippen LogP contribution in [0.4, 0.5) is 17.1 Å². The molecule has 0 N–H and O–H groups in total. The summed E-state index contributed by atoms with van der Waals surface area (Å²) < 4.78 is 4.89. The molecule has 0 saturated carbocycles. The molecule has 0 fully saturated rings. The van der Waals surface area contributed by atoms with Gasteiger partial charge in [0.05, 0.1) is 22.1 Å². The van der Waals surface area contributed by atoms with Gasteiger partial charge in [0.15, 0.2) is 0 Å². The molecule has 0 aliphatic heterocycles. The van der Waals surface area contributed by atoms with E-state index in [1.807, 2.05) is 0 Å². The molecule has 0 radical (unpaired) electrons. The maximum atomic E-state index is 2.47. The van der Waals surface area contributed by atoms with Crippen LogP contribution in [0.1, 0.15) is 0 Å². The van der Waals surface area contributed by atoms with Crippen LogP contribution in [0.2, 0.25) is 0 Å². The molecule has 11 aromatic rings. The molecule has 3 heteroatoms. The van der Waals surface area contributed by atoms with E-state index in [4.69, 9.17) is 0 Å². The predicted molar refractivity (Wildman–Crippen MR) is 241 cm³/mol. The van der Waals surface area contributed by atoms with Crippen LogP contribution in [0.15, 0.2) is 224 Å². The minimum absolute atomic E-state index is 1.12. The van der Waals surface area contributed by atoms with Crippen molar-refractivity contribution in [3.8, 4) is 33.6 Å². The van der Waals surface area contributed by atoms with Crippen LogP contribution in [0.3, 0.4) is 0 Å². The first kappa shape index (κ1) is 32.8. The van der Waals surface area contributed by atoms with E-state index in [-0.39, 0.29) is 0 Å². The Kier molecular flexibility index (Phi) is 7.82. The van der Waals surface area contributed by atoms with Gasteiger partial charge in [-0.15, -0.1) is 0 Å². The van der Waals surface area contributed by atoms with Crippen LogP contribution in [-0.4, -0.2) is 9.13 Å². The number of nitrogens with zero attached hydrogens (tertiary/aromatic N) is 3. The fourth-order valence-electron chi connectivity index (χ4n) is 8.70. The second-order valence-electron chi connectivity index (χ2n) is 14.6. The number of hydrogen-bond acceptors (Lipinski definition) is 1. The van der Waals surface area contributed by atoms with Crippen molar-refractivity contribution in [2.75, 3.05) is 4.90 Å². The molecule has 2 aromatic heterocycles. The highest BCUT2D eigenvalue weighted by molar-refractivity contribution is 6.26. The monoisotopic (exact) mass is 727 g/mol. The lowest BCUT2D eigenvalue weighted by molar-refractivity contribution is 1.17. The number of aromatic nitrogens is 2. The van der Waals surface area contributed by atoms with Crippen molar-refractivity contribution in [3.63, 3.8) is 0 Å². The van der Waals surface area contributed by atoms with Gasteiger partial charge < -0.3 is 14.0 Å². The molecule has 0 bridgehead atoms. The molecule has 0 amide bonds. The van der Waals surface area contributed by atoms with Gasteiger partial charge in [-0.1, -0.05) is 146 Å². The van der Waals surface area contributed by atoms with E-state index < -0.39 is 0 Å². The Hall–Kier alpha value is -7.62. The zero-order valence-electron chi connectivity index (χ0n) is 31.2. The normalized spacial score (nSPS) is 11.5. The third-order valence-corrected chi connectivity index (χ3v) is 11.3. The van der Waals surface area contributed by atoms with E-state index in [0.29, 0.717) is 0 Å². The summed E-state index contributed by atoms with van der Waals surface area (Å²) in [6.07, 6.45) is 0. The second-order valence-corrected chi connectivity index (χ2v) is 14.6. The zero-order valence-corrected chi connectivity index (χ0v) is 31.2. The van der Waals surface area contributed by atoms with E-state index >= 15 is 0 Å². The average Bonchev–Trinajstić information content (AvgIpc) is 3.81. The van der Waals surface area contributed by atoms with Gasteiger partial charge in [-0.3, -0.25) is 0 Å². The summed E-state index contributed by atoms with van der Waals surface area (Å²) in [7, 11) is 0. The molecular weight excluding hydrogens is 691 g/mol. The summed E-state index contributed by atoms with van der Waals surface area (Å²) in [6.45, 7) is 0. The fraction of sp³-hybridized carbons (Fsp3) is 0. The van der Waals surface area contributed by atoms with Crippen molar-refractivity contribution in [1.82, 2.24) is 9.13 Å². The summed E-state index contributed by atoms with van der Waals surface area (Å²) >= 11 is 0. The number of fused-ring (bicyclic) bond motifs is 7. The van der Waals surface area contributed by atoms with Gasteiger partial charge in [0, 0.05) is 50.0 Å². The molecular formula is C54H37N3. The first-order chi connectivity index (χ1) is 28.3. The molecule has 0 atom stereocenters. The first-order valence-corrected chi connectivity index (χ1v) is 19.5. The van der Waals surface area contributed by atoms with Crippen LogP contribution >= 0.6 is 0 Å². The molecule has 11 rings (SSSR count). The Labute approximate surface area is 331 Å². The van der Waals surface area contributed by atoms with Crippen molar-refractivity contribution in [1.29, 1.82) is 0 Å². The molecule has 57 heavy (non-hydrogen) atoms. The van der Waals surface area contributed by atoms with E-state index in [2.05, 4.69) is 238 Å². The van der Waals surface area contributed by atoms with Gasteiger partial charge in [-0.25, -0.2) is 0 Å². The van der Waals surface area contributed by atoms with Crippen LogP contribution < -0.4 is 4.90 Å². The minimum Gasteiger partial charge on any atom is -0.311 e. The Morgan fingerprint density at radius 3 is 1.26 bits per heavy atom. The van der Waals surface area contributed by atoms with Crippen LogP contribution in [0.5, 0.6) is 0 Å². The maximum Gasteiger partial charge on any atom is 0.0641 e. The summed E-state index contributed by atoms with van der Waals surface area (Å²) in [5.74, 6) is 0. The number of rotatable bonds is 7. The second kappa shape index (κ2) is 13.6. The largest absolute Gasteiger partial charge is 0.311 e. The van der Waals surface area contributed by atoms with Crippen molar-refractivity contribution in [2.45, 2.75) is 0 Å². The topological polar surface area (TPSA) is 13.1 Å². The van der Waals surface area contributed by atoms with Crippen molar-refractivity contribution in [3.05, 3.63) is 224 Å². The van der Waals surface area contributed by atoms with E-state index in [9.17, 15) is 0 Å². The average molecular weight is 728 g/mol. The molecule has 0 aliphatic rings. The van der Waals surface area contributed by atoms with E-state index in [1.54, 1.807) is 0 Å². The highest BCUT2D eigenvalue weighted by Gasteiger charge is 2.21. The summed E-state index contributed by atoms with van der Waals surface area (Å²) in [4.78, 5) is 2.30. The van der Waals surface area contributed by atoms with Crippen molar-refractivity contribution in [2.24, 2.45) is 0 Å². The number of anilines is 3.